The van der Waals surface area contributed by atoms with Gasteiger partial charge in [0.15, 0.2) is 11.4 Å². The second kappa shape index (κ2) is 28.7. The van der Waals surface area contributed by atoms with Crippen LogP contribution in [0.2, 0.25) is 0 Å². The van der Waals surface area contributed by atoms with Gasteiger partial charge < -0.3 is 19.4 Å². The van der Waals surface area contributed by atoms with E-state index >= 15 is 0 Å². The number of benzene rings is 13. The van der Waals surface area contributed by atoms with Crippen LogP contribution in [0.4, 0.5) is 62.6 Å². The van der Waals surface area contributed by atoms with Crippen LogP contribution in [-0.4, -0.2) is 7.11 Å². The molecule has 93 heavy (non-hydrogen) atoms. The predicted octanol–water partition coefficient (Wildman–Crippen LogP) is 23.5. The first-order valence-electron chi connectivity index (χ1n) is 30.3. The molecule has 0 spiro atoms. The number of anilines is 9. The van der Waals surface area contributed by atoms with Crippen LogP contribution in [0.5, 0.6) is 5.75 Å². The molecule has 8 nitrogen and oxygen atoms in total. The number of rotatable bonds is 16. The highest BCUT2D eigenvalue weighted by Crippen LogP contribution is 2.43. The van der Waals surface area contributed by atoms with Crippen LogP contribution in [0.25, 0.3) is 67.7 Å². The quantitative estimate of drug-likeness (QED) is 0.0545. The fourth-order valence-electron chi connectivity index (χ4n) is 11.5. The minimum atomic E-state index is 0.525. The molecular formula is C85H59N7O. The molecule has 0 bridgehead atoms. The molecule has 0 radical (unpaired) electrons. The molecule has 0 aliphatic carbocycles. The standard InChI is InChI=1S/C56H38N4.C29H21N3O/c1-58-54-27-15-26-51-52(38-32-41-28-34-48(35-29-41)59(44-17-6-2-7-18-44)45-19-8-3-9-20-45)55-43(40-57)16-14-25-50(55)53(56(51)54)39-33-42-30-36-49(37-31-42)60(46-21-10-4-11-22-46)47-23-12-5-13-24-47;1-31-29-19-11-23(21-30)20-24(29)12-8-22-9-13-26(14-10-22)32(25-6-4-3-5-7-25)27-15-17-28(33-2)18-16-27/h2-39H;3-20H,2H3. The normalized spacial score (nSPS) is 10.9. The Hall–Kier alpha value is -13.2. The van der Waals surface area contributed by atoms with E-state index in [1.54, 1.807) is 25.3 Å². The van der Waals surface area contributed by atoms with Crippen molar-refractivity contribution in [2.45, 2.75) is 0 Å². The number of fused-ring (bicyclic) bond motifs is 2. The molecule has 13 aromatic rings. The molecule has 440 valence electrons. The third-order valence-electron chi connectivity index (χ3n) is 15.9. The Kier molecular flexibility index (Phi) is 18.6. The molecule has 0 aliphatic heterocycles. The summed E-state index contributed by atoms with van der Waals surface area (Å²) in [5, 5.41) is 23.2. The van der Waals surface area contributed by atoms with Crippen LogP contribution in [-0.2, 0) is 0 Å². The number of ether oxygens (including phenoxy) is 1. The van der Waals surface area contributed by atoms with Gasteiger partial charge in [0.2, 0.25) is 0 Å². The molecule has 0 atom stereocenters. The Labute approximate surface area is 543 Å². The lowest BCUT2D eigenvalue weighted by Gasteiger charge is -2.25. The summed E-state index contributed by atoms with van der Waals surface area (Å²) in [6.45, 7) is 15.6. The predicted molar refractivity (Wildman–Crippen MR) is 387 cm³/mol. The van der Waals surface area contributed by atoms with Crippen LogP contribution >= 0.6 is 0 Å². The Bertz CT molecular complexity index is 4710. The smallest absolute Gasteiger partial charge is 0.195 e. The van der Waals surface area contributed by atoms with Crippen molar-refractivity contribution in [1.82, 2.24) is 0 Å². The van der Waals surface area contributed by atoms with Gasteiger partial charge in [-0.05, 0) is 183 Å². The molecule has 0 saturated carbocycles. The first-order valence-corrected chi connectivity index (χ1v) is 30.3. The maximum Gasteiger partial charge on any atom is 0.195 e. The van der Waals surface area contributed by atoms with E-state index in [0.29, 0.717) is 22.5 Å². The van der Waals surface area contributed by atoms with E-state index in [0.717, 1.165) is 112 Å². The number of nitrogens with zero attached hydrogens (tertiary/aromatic N) is 7. The minimum absolute atomic E-state index is 0.525. The largest absolute Gasteiger partial charge is 0.497 e. The highest BCUT2D eigenvalue weighted by molar-refractivity contribution is 6.19. The van der Waals surface area contributed by atoms with Gasteiger partial charge in [-0.15, -0.1) is 0 Å². The van der Waals surface area contributed by atoms with Crippen LogP contribution in [0.3, 0.4) is 0 Å². The van der Waals surface area contributed by atoms with Gasteiger partial charge in [-0.3, -0.25) is 0 Å². The first kappa shape index (κ1) is 60.1. The maximum absolute atomic E-state index is 10.5. The Morgan fingerprint density at radius 3 is 1.06 bits per heavy atom. The van der Waals surface area contributed by atoms with Gasteiger partial charge in [0, 0.05) is 56.6 Å². The summed E-state index contributed by atoms with van der Waals surface area (Å²) in [7, 11) is 1.66. The van der Waals surface area contributed by atoms with E-state index in [4.69, 9.17) is 23.1 Å². The molecule has 0 saturated heterocycles. The average molecular weight is 1190 g/mol. The van der Waals surface area contributed by atoms with Gasteiger partial charge in [0.25, 0.3) is 0 Å². The van der Waals surface area contributed by atoms with Crippen molar-refractivity contribution in [1.29, 1.82) is 10.5 Å². The van der Waals surface area contributed by atoms with E-state index in [1.165, 1.54) is 0 Å². The summed E-state index contributed by atoms with van der Waals surface area (Å²) in [5.74, 6) is 0.812. The van der Waals surface area contributed by atoms with E-state index in [-0.39, 0.29) is 0 Å². The van der Waals surface area contributed by atoms with Crippen LogP contribution in [0, 0.1) is 35.8 Å². The summed E-state index contributed by atoms with van der Waals surface area (Å²) < 4.78 is 5.31. The van der Waals surface area contributed by atoms with E-state index < -0.39 is 0 Å². The summed E-state index contributed by atoms with van der Waals surface area (Å²) in [6.07, 6.45) is 12.2. The van der Waals surface area contributed by atoms with Crippen molar-refractivity contribution in [3.05, 3.63) is 371 Å². The fourth-order valence-corrected chi connectivity index (χ4v) is 11.5. The molecule has 13 rings (SSSR count). The molecule has 0 N–H and O–H groups in total. The topological polar surface area (TPSA) is 75.2 Å². The zero-order valence-corrected chi connectivity index (χ0v) is 50.9. The zero-order chi connectivity index (χ0) is 63.7. The molecule has 0 unspecified atom stereocenters. The Morgan fingerprint density at radius 2 is 0.688 bits per heavy atom. The van der Waals surface area contributed by atoms with Crippen molar-refractivity contribution < 1.29 is 4.74 Å². The molecule has 0 fully saturated rings. The van der Waals surface area contributed by atoms with Crippen molar-refractivity contribution in [2.24, 2.45) is 0 Å². The first-order chi connectivity index (χ1) is 45.9. The van der Waals surface area contributed by atoms with Crippen LogP contribution < -0.4 is 19.4 Å². The molecule has 0 heterocycles. The molecular weight excluding hydrogens is 1130 g/mol. The third-order valence-corrected chi connectivity index (χ3v) is 15.9. The number of methoxy groups -OCH3 is 1. The Morgan fingerprint density at radius 1 is 0.333 bits per heavy atom. The lowest BCUT2D eigenvalue weighted by molar-refractivity contribution is 0.415. The lowest BCUT2D eigenvalue weighted by Crippen LogP contribution is -2.09. The lowest BCUT2D eigenvalue weighted by atomic mass is 9.88. The highest BCUT2D eigenvalue weighted by atomic mass is 16.5. The summed E-state index contributed by atoms with van der Waals surface area (Å²) in [5.41, 5.74) is 17.3. The van der Waals surface area contributed by atoms with Gasteiger partial charge in [0.05, 0.1) is 43.5 Å². The average Bonchev–Trinajstić information content (AvgIpc) is 0.773. The van der Waals surface area contributed by atoms with Crippen molar-refractivity contribution in [3.8, 4) is 17.9 Å². The summed E-state index contributed by atoms with van der Waals surface area (Å²) >= 11 is 0. The van der Waals surface area contributed by atoms with Crippen molar-refractivity contribution in [3.63, 3.8) is 0 Å². The summed E-state index contributed by atoms with van der Waals surface area (Å²) in [4.78, 5) is 14.2. The van der Waals surface area contributed by atoms with Crippen LogP contribution in [0.1, 0.15) is 44.5 Å². The minimum Gasteiger partial charge on any atom is -0.497 e. The van der Waals surface area contributed by atoms with Gasteiger partial charge in [-0.25, -0.2) is 9.69 Å². The molecule has 8 heteroatoms. The molecule has 0 aliphatic rings. The molecule has 0 amide bonds. The third kappa shape index (κ3) is 13.6. The van der Waals surface area contributed by atoms with E-state index in [1.807, 2.05) is 115 Å². The summed E-state index contributed by atoms with van der Waals surface area (Å²) in [6, 6.07) is 106. The SMILES string of the molecule is [C-]#[N+]c1ccc(C#N)cc1C=Cc1ccc(N(c2ccccc2)c2ccc(OC)cc2)cc1.[C-]#[N+]c1cccc2c(C=Cc3ccc(N(c4ccccc4)c4ccccc4)cc3)c3c(C#N)cccc3c(C=Cc3ccc(N(c4ccccc4)c4ccccc4)cc3)c12. The van der Waals surface area contributed by atoms with Crippen molar-refractivity contribution in [2.75, 3.05) is 21.8 Å². The number of hydrogen-bond acceptors (Lipinski definition) is 6. The van der Waals surface area contributed by atoms with Crippen LogP contribution in [0.15, 0.2) is 303 Å². The molecule has 13 aromatic carbocycles. The second-order valence-corrected chi connectivity index (χ2v) is 21.6. The van der Waals surface area contributed by atoms with E-state index in [2.05, 4.69) is 243 Å². The highest BCUT2D eigenvalue weighted by Gasteiger charge is 2.19. The fraction of sp³-hybridized carbons (Fsp3) is 0.0118. The van der Waals surface area contributed by atoms with Gasteiger partial charge in [-0.1, -0.05) is 206 Å². The number of para-hydroxylation sites is 5. The molecule has 0 aromatic heterocycles. The van der Waals surface area contributed by atoms with Gasteiger partial charge in [-0.2, -0.15) is 10.5 Å². The second-order valence-electron chi connectivity index (χ2n) is 21.6. The van der Waals surface area contributed by atoms with Crippen molar-refractivity contribution >= 4 is 121 Å². The zero-order valence-electron chi connectivity index (χ0n) is 50.9. The maximum atomic E-state index is 10.5. The van der Waals surface area contributed by atoms with Gasteiger partial charge in [0.1, 0.15) is 5.75 Å². The van der Waals surface area contributed by atoms with E-state index in [9.17, 15) is 5.26 Å². The number of hydrogen-bond donors (Lipinski definition) is 0. The Balaban J connectivity index is 0.000000213. The van der Waals surface area contributed by atoms with Gasteiger partial charge >= 0.3 is 0 Å². The number of nitriles is 2. The monoisotopic (exact) mass is 1190 g/mol.